The number of nitrogens with one attached hydrogen (secondary N) is 1. The maximum Gasteiger partial charge on any atom is 0.220 e. The van der Waals surface area contributed by atoms with E-state index < -0.39 is 131 Å². The Morgan fingerprint density at radius 3 is 1.07 bits per heavy atom. The summed E-state index contributed by atoms with van der Waals surface area (Å²) in [7, 11) is 0. The second kappa shape index (κ2) is 65.0. The molecule has 0 radical (unpaired) electrons. The van der Waals surface area contributed by atoms with Crippen LogP contribution in [0.5, 0.6) is 0 Å². The molecule has 0 saturated carbocycles. The normalized spacial score (nSPS) is 26.4. The molecule has 12 N–H and O–H groups in total. The summed E-state index contributed by atoms with van der Waals surface area (Å²) in [6.45, 7) is 1.59. The second-order valence-electron chi connectivity index (χ2n) is 28.8. The first-order chi connectivity index (χ1) is 51.3. The number of ether oxygens (including phenoxy) is 6. The predicted octanol–water partition coefficient (Wildman–Crippen LogP) is 14.3. The molecule has 17 atom stereocenters. The summed E-state index contributed by atoms with van der Waals surface area (Å²) in [5.74, 6) is -0.330. The topological polar surface area (TPSA) is 307 Å². The molecule has 0 aromatic rings. The zero-order valence-corrected chi connectivity index (χ0v) is 64.7. The van der Waals surface area contributed by atoms with Crippen LogP contribution in [0, 0.1) is 0 Å². The van der Waals surface area contributed by atoms with Gasteiger partial charge < -0.3 is 89.9 Å². The molecule has 3 aliphatic rings. The molecule has 3 saturated heterocycles. The Bertz CT molecular complexity index is 2370. The van der Waals surface area contributed by atoms with Crippen LogP contribution in [-0.2, 0) is 33.2 Å². The van der Waals surface area contributed by atoms with Crippen molar-refractivity contribution in [2.24, 2.45) is 0 Å². The van der Waals surface area contributed by atoms with Gasteiger partial charge in [-0.15, -0.1) is 0 Å². The third kappa shape index (κ3) is 44.6. The van der Waals surface area contributed by atoms with E-state index in [1.54, 1.807) is 6.08 Å². The van der Waals surface area contributed by atoms with Gasteiger partial charge in [0.1, 0.15) is 73.2 Å². The van der Waals surface area contributed by atoms with E-state index in [9.17, 15) is 61.0 Å². The Kier molecular flexibility index (Phi) is 59.0. The molecule has 0 aromatic carbocycles. The smallest absolute Gasteiger partial charge is 0.220 e. The summed E-state index contributed by atoms with van der Waals surface area (Å²) < 4.78 is 34.4. The molecule has 0 aliphatic carbocycles. The molecule has 3 rings (SSSR count). The lowest BCUT2D eigenvalue weighted by Crippen LogP contribution is -2.66. The molecule has 17 unspecified atom stereocenters. The number of rotatable bonds is 64. The van der Waals surface area contributed by atoms with Crippen LogP contribution in [0.3, 0.4) is 0 Å². The zero-order valence-electron chi connectivity index (χ0n) is 64.7. The van der Waals surface area contributed by atoms with Crippen molar-refractivity contribution in [3.63, 3.8) is 0 Å². The minimum atomic E-state index is -1.99. The maximum absolute atomic E-state index is 13.5. The number of allylic oxidation sites excluding steroid dienone is 19. The molecule has 3 fully saturated rings. The van der Waals surface area contributed by atoms with Crippen LogP contribution in [0.25, 0.3) is 0 Å². The lowest BCUT2D eigenvalue weighted by Gasteiger charge is -2.48. The summed E-state index contributed by atoms with van der Waals surface area (Å²) in [5, 5.41) is 121. The van der Waals surface area contributed by atoms with Crippen molar-refractivity contribution in [2.75, 3.05) is 26.4 Å². The van der Waals surface area contributed by atoms with Gasteiger partial charge in [0.2, 0.25) is 5.91 Å². The largest absolute Gasteiger partial charge is 0.394 e. The predicted molar refractivity (Wildman–Crippen MR) is 420 cm³/mol. The highest BCUT2D eigenvalue weighted by atomic mass is 16.8. The number of amides is 1. The molecule has 105 heavy (non-hydrogen) atoms. The van der Waals surface area contributed by atoms with E-state index >= 15 is 0 Å². The minimum absolute atomic E-state index is 0.172. The van der Waals surface area contributed by atoms with Crippen LogP contribution >= 0.6 is 0 Å². The van der Waals surface area contributed by atoms with E-state index in [1.807, 2.05) is 6.08 Å². The molecule has 3 heterocycles. The van der Waals surface area contributed by atoms with E-state index in [1.165, 1.54) is 167 Å². The first kappa shape index (κ1) is 95.4. The van der Waals surface area contributed by atoms with Crippen LogP contribution in [0.1, 0.15) is 284 Å². The molecule has 0 bridgehead atoms. The maximum atomic E-state index is 13.5. The summed E-state index contributed by atoms with van der Waals surface area (Å²) >= 11 is 0. The third-order valence-electron chi connectivity index (χ3n) is 19.7. The molecular formula is C86H147NO18. The fourth-order valence-electron chi connectivity index (χ4n) is 13.2. The Morgan fingerprint density at radius 2 is 0.667 bits per heavy atom. The van der Waals surface area contributed by atoms with E-state index in [4.69, 9.17) is 28.4 Å². The van der Waals surface area contributed by atoms with Crippen LogP contribution in [0.15, 0.2) is 122 Å². The van der Waals surface area contributed by atoms with Gasteiger partial charge in [-0.25, -0.2) is 0 Å². The lowest BCUT2D eigenvalue weighted by molar-refractivity contribution is -0.379. The highest BCUT2D eigenvalue weighted by Crippen LogP contribution is 2.33. The SMILES string of the molecule is CC/C=C\C/C=C\C/C=C\C/C=C\C/C=C\C/C=C\C/C=C\C/C=C\CCCCC(=O)NC(COC1OC(CO)C(OC2OC(CO)C(OC3OC(CO)C(O)C(O)C3O)C(O)C2O)C(O)C1O)C(O)/C=C/CC/C=C/CCCCCCCCCCCCCCCCCCCCCCCCCCCCC. The Balaban J connectivity index is 1.40. The minimum Gasteiger partial charge on any atom is -0.394 e. The number of carbonyl (C=O) groups is 1. The van der Waals surface area contributed by atoms with Gasteiger partial charge in [-0.05, 0) is 96.3 Å². The molecule has 19 nitrogen and oxygen atoms in total. The molecule has 0 spiro atoms. The lowest BCUT2D eigenvalue weighted by atomic mass is 9.96. The highest BCUT2D eigenvalue weighted by molar-refractivity contribution is 5.76. The van der Waals surface area contributed by atoms with Gasteiger partial charge in [0.05, 0.1) is 38.6 Å². The van der Waals surface area contributed by atoms with E-state index in [2.05, 4.69) is 129 Å². The van der Waals surface area contributed by atoms with Gasteiger partial charge in [0, 0.05) is 6.42 Å². The molecular weight excluding hydrogens is 1330 g/mol. The van der Waals surface area contributed by atoms with Gasteiger partial charge in [-0.2, -0.15) is 0 Å². The molecule has 19 heteroatoms. The van der Waals surface area contributed by atoms with Gasteiger partial charge in [0.25, 0.3) is 0 Å². The van der Waals surface area contributed by atoms with Gasteiger partial charge >= 0.3 is 0 Å². The van der Waals surface area contributed by atoms with Crippen LogP contribution < -0.4 is 5.32 Å². The fraction of sp³-hybridized carbons (Fsp3) is 0.756. The van der Waals surface area contributed by atoms with Crippen LogP contribution in [0.2, 0.25) is 0 Å². The zero-order chi connectivity index (χ0) is 76.0. The first-order valence-corrected chi connectivity index (χ1v) is 41.3. The van der Waals surface area contributed by atoms with Crippen molar-refractivity contribution >= 4 is 5.91 Å². The monoisotopic (exact) mass is 1480 g/mol. The number of carbonyl (C=O) groups excluding carboxylic acids is 1. The highest BCUT2D eigenvalue weighted by Gasteiger charge is 2.54. The molecule has 3 aliphatic heterocycles. The number of hydrogen-bond acceptors (Lipinski definition) is 18. The van der Waals surface area contributed by atoms with Crippen LogP contribution in [-0.4, -0.2) is 193 Å². The number of unbranched alkanes of at least 4 members (excludes halogenated alkanes) is 30. The third-order valence-corrected chi connectivity index (χ3v) is 19.7. The van der Waals surface area contributed by atoms with E-state index in [0.29, 0.717) is 12.8 Å². The van der Waals surface area contributed by atoms with Crippen LogP contribution in [0.4, 0.5) is 0 Å². The summed E-state index contributed by atoms with van der Waals surface area (Å²) in [4.78, 5) is 13.5. The first-order valence-electron chi connectivity index (χ1n) is 41.3. The number of aliphatic hydroxyl groups is 11. The van der Waals surface area contributed by atoms with Gasteiger partial charge in [0.15, 0.2) is 18.9 Å². The fourth-order valence-corrected chi connectivity index (χ4v) is 13.2. The second-order valence-corrected chi connectivity index (χ2v) is 28.8. The Morgan fingerprint density at radius 1 is 0.352 bits per heavy atom. The summed E-state index contributed by atoms with van der Waals surface area (Å²) in [5.41, 5.74) is 0. The van der Waals surface area contributed by atoms with Crippen molar-refractivity contribution in [1.29, 1.82) is 0 Å². The van der Waals surface area contributed by atoms with Gasteiger partial charge in [-0.1, -0.05) is 302 Å². The van der Waals surface area contributed by atoms with E-state index in [-0.39, 0.29) is 12.3 Å². The quantitative estimate of drug-likeness (QED) is 0.0199. The Labute approximate surface area is 633 Å². The van der Waals surface area contributed by atoms with Crippen molar-refractivity contribution in [1.82, 2.24) is 5.32 Å². The molecule has 604 valence electrons. The van der Waals surface area contributed by atoms with Crippen molar-refractivity contribution in [3.05, 3.63) is 122 Å². The average Bonchev–Trinajstić information content (AvgIpc) is 0.781. The standard InChI is InChI=1S/C86H147NO18/c1-3-5-7-9-11-13-15-17-19-21-23-25-27-29-31-32-33-34-35-36-38-39-41-43-45-47-49-51-53-55-57-59-61-63-70(91)69(87-74(92)64-62-60-58-56-54-52-50-48-46-44-42-40-37-30-28-26-24-22-20-18-16-14-12-10-8-6-4-2)68-100-84-80(98)77(95)82(72(66-89)102-84)105-86-81(99)78(96)83(73(67-90)103-86)104-85-79(97)76(94)75(93)71(65-88)101-85/h6,8,12,14,18,20,24,26,30,37,42,44,48,50,53-56,61,63,69-73,75-86,88-91,93-99H,3-5,7,9-11,13,15-17,19,21-23,25,27-29,31-36,38-41,43,45-47,49,51-52,57-60,62,64-68H2,1-2H3,(H,87,92)/b8-6-,14-12-,20-18-,26-24-,37-30-,44-42-,50-48-,55-53+,56-54-,63-61+. The van der Waals surface area contributed by atoms with Crippen molar-refractivity contribution in [3.8, 4) is 0 Å². The van der Waals surface area contributed by atoms with Crippen molar-refractivity contribution < 1.29 is 89.4 Å². The Hall–Kier alpha value is -3.81. The number of hydrogen-bond donors (Lipinski definition) is 12. The summed E-state index contributed by atoms with van der Waals surface area (Å²) in [6.07, 6.45) is 64.9. The van der Waals surface area contributed by atoms with E-state index in [0.717, 1.165) is 83.5 Å². The number of aliphatic hydroxyl groups excluding tert-OH is 11. The van der Waals surface area contributed by atoms with Gasteiger partial charge in [-0.3, -0.25) is 4.79 Å². The average molecular weight is 1480 g/mol. The molecule has 0 aromatic heterocycles. The summed E-state index contributed by atoms with van der Waals surface area (Å²) in [6, 6.07) is -1.03. The molecule has 1 amide bonds. The van der Waals surface area contributed by atoms with Crippen molar-refractivity contribution in [2.45, 2.75) is 388 Å².